The third kappa shape index (κ3) is 4.11. The van der Waals surface area contributed by atoms with Crippen molar-refractivity contribution >= 4 is 5.69 Å². The van der Waals surface area contributed by atoms with Crippen LogP contribution in [0.1, 0.15) is 19.8 Å². The van der Waals surface area contributed by atoms with Crippen molar-refractivity contribution in [1.29, 1.82) is 0 Å². The zero-order valence-electron chi connectivity index (χ0n) is 10.3. The van der Waals surface area contributed by atoms with Crippen LogP contribution in [0.4, 0.5) is 5.69 Å². The molecule has 0 aliphatic heterocycles. The maximum atomic E-state index is 9.18. The van der Waals surface area contributed by atoms with Crippen LogP contribution in [0.3, 0.4) is 0 Å². The fourth-order valence-corrected chi connectivity index (χ4v) is 1.60. The van der Waals surface area contributed by atoms with Crippen molar-refractivity contribution in [2.75, 3.05) is 25.6 Å². The van der Waals surface area contributed by atoms with E-state index in [9.17, 15) is 5.11 Å². The standard InChI is InChI=1S/C13H21NO2/c1-11(15)6-5-9-14(2)12-7-4-8-13(10-12)16-3/h4,7-8,10-11,15H,5-6,9H2,1-3H3. The summed E-state index contributed by atoms with van der Waals surface area (Å²) in [5.74, 6) is 0.875. The first kappa shape index (κ1) is 12.8. The van der Waals surface area contributed by atoms with Crippen LogP contribution in [0.2, 0.25) is 0 Å². The van der Waals surface area contributed by atoms with Gasteiger partial charge in [0.15, 0.2) is 0 Å². The quantitative estimate of drug-likeness (QED) is 0.803. The minimum atomic E-state index is -0.210. The molecule has 0 amide bonds. The monoisotopic (exact) mass is 223 g/mol. The predicted molar refractivity (Wildman–Crippen MR) is 67.2 cm³/mol. The Labute approximate surface area is 97.7 Å². The molecule has 1 aromatic carbocycles. The van der Waals surface area contributed by atoms with Crippen molar-refractivity contribution < 1.29 is 9.84 Å². The van der Waals surface area contributed by atoms with Gasteiger partial charge in [0.1, 0.15) is 5.75 Å². The number of methoxy groups -OCH3 is 1. The van der Waals surface area contributed by atoms with Gasteiger partial charge in [-0.2, -0.15) is 0 Å². The molecule has 1 atom stereocenters. The Morgan fingerprint density at radius 2 is 2.19 bits per heavy atom. The second kappa shape index (κ2) is 6.38. The van der Waals surface area contributed by atoms with E-state index >= 15 is 0 Å². The van der Waals surface area contributed by atoms with Crippen LogP contribution in [0, 0.1) is 0 Å². The van der Waals surface area contributed by atoms with Gasteiger partial charge >= 0.3 is 0 Å². The third-order valence-corrected chi connectivity index (χ3v) is 2.61. The number of ether oxygens (including phenoxy) is 1. The Bertz CT molecular complexity index is 313. The number of anilines is 1. The lowest BCUT2D eigenvalue weighted by Gasteiger charge is -2.20. The van der Waals surface area contributed by atoms with Gasteiger partial charge in [-0.25, -0.2) is 0 Å². The van der Waals surface area contributed by atoms with Crippen molar-refractivity contribution in [3.8, 4) is 5.75 Å². The summed E-state index contributed by atoms with van der Waals surface area (Å²) in [6.45, 7) is 2.77. The second-order valence-corrected chi connectivity index (χ2v) is 4.11. The number of nitrogens with zero attached hydrogens (tertiary/aromatic N) is 1. The molecule has 0 radical (unpaired) electrons. The van der Waals surface area contributed by atoms with Crippen LogP contribution in [-0.2, 0) is 0 Å². The van der Waals surface area contributed by atoms with Crippen LogP contribution in [0.5, 0.6) is 5.75 Å². The lowest BCUT2D eigenvalue weighted by atomic mass is 10.2. The Balaban J connectivity index is 2.48. The highest BCUT2D eigenvalue weighted by Crippen LogP contribution is 2.20. The van der Waals surface area contributed by atoms with Crippen molar-refractivity contribution in [3.63, 3.8) is 0 Å². The van der Waals surface area contributed by atoms with Crippen LogP contribution >= 0.6 is 0 Å². The summed E-state index contributed by atoms with van der Waals surface area (Å²) in [6, 6.07) is 8.00. The topological polar surface area (TPSA) is 32.7 Å². The third-order valence-electron chi connectivity index (χ3n) is 2.61. The fraction of sp³-hybridized carbons (Fsp3) is 0.538. The molecule has 1 aromatic rings. The molecule has 1 unspecified atom stereocenters. The molecule has 90 valence electrons. The minimum Gasteiger partial charge on any atom is -0.497 e. The highest BCUT2D eigenvalue weighted by molar-refractivity contribution is 5.49. The van der Waals surface area contributed by atoms with Gasteiger partial charge in [-0.1, -0.05) is 6.07 Å². The molecule has 0 saturated carbocycles. The first-order chi connectivity index (χ1) is 7.63. The zero-order valence-corrected chi connectivity index (χ0v) is 10.3. The van der Waals surface area contributed by atoms with E-state index in [-0.39, 0.29) is 6.10 Å². The van der Waals surface area contributed by atoms with Gasteiger partial charge in [0.05, 0.1) is 13.2 Å². The maximum Gasteiger partial charge on any atom is 0.120 e. The van der Waals surface area contributed by atoms with Gasteiger partial charge < -0.3 is 14.7 Å². The summed E-state index contributed by atoms with van der Waals surface area (Å²) in [6.07, 6.45) is 1.62. The van der Waals surface area contributed by atoms with Gasteiger partial charge in [0.25, 0.3) is 0 Å². The first-order valence-corrected chi connectivity index (χ1v) is 5.66. The largest absolute Gasteiger partial charge is 0.497 e. The average Bonchev–Trinajstić information content (AvgIpc) is 2.28. The number of hydrogen-bond donors (Lipinski definition) is 1. The van der Waals surface area contributed by atoms with Gasteiger partial charge in [0.2, 0.25) is 0 Å². The van der Waals surface area contributed by atoms with Gasteiger partial charge in [0, 0.05) is 25.3 Å². The molecule has 0 aliphatic carbocycles. The normalized spacial score (nSPS) is 12.2. The Morgan fingerprint density at radius 3 is 2.81 bits per heavy atom. The maximum absolute atomic E-state index is 9.18. The number of benzene rings is 1. The van der Waals surface area contributed by atoms with E-state index in [2.05, 4.69) is 18.0 Å². The van der Waals surface area contributed by atoms with E-state index < -0.39 is 0 Å². The molecule has 0 aromatic heterocycles. The highest BCUT2D eigenvalue weighted by Gasteiger charge is 2.03. The summed E-state index contributed by atoms with van der Waals surface area (Å²) in [5, 5.41) is 9.18. The smallest absolute Gasteiger partial charge is 0.120 e. The summed E-state index contributed by atoms with van der Waals surface area (Å²) >= 11 is 0. The van der Waals surface area contributed by atoms with Crippen LogP contribution in [-0.4, -0.2) is 31.9 Å². The number of rotatable bonds is 6. The summed E-state index contributed by atoms with van der Waals surface area (Å²) < 4.78 is 5.18. The molecular formula is C13H21NO2. The average molecular weight is 223 g/mol. The second-order valence-electron chi connectivity index (χ2n) is 4.11. The molecule has 0 heterocycles. The molecule has 0 saturated heterocycles. The predicted octanol–water partition coefficient (Wildman–Crippen LogP) is 2.29. The fourth-order valence-electron chi connectivity index (χ4n) is 1.60. The van der Waals surface area contributed by atoms with Crippen molar-refractivity contribution in [2.45, 2.75) is 25.9 Å². The molecule has 0 bridgehead atoms. The summed E-state index contributed by atoms with van der Waals surface area (Å²) in [7, 11) is 3.73. The molecular weight excluding hydrogens is 202 g/mol. The van der Waals surface area contributed by atoms with E-state index in [4.69, 9.17) is 4.74 Å². The summed E-state index contributed by atoms with van der Waals surface area (Å²) in [5.41, 5.74) is 1.14. The molecule has 0 spiro atoms. The van der Waals surface area contributed by atoms with Gasteiger partial charge in [-0.3, -0.25) is 0 Å². The van der Waals surface area contributed by atoms with Gasteiger partial charge in [-0.15, -0.1) is 0 Å². The van der Waals surface area contributed by atoms with Crippen LogP contribution < -0.4 is 9.64 Å². The molecule has 16 heavy (non-hydrogen) atoms. The van der Waals surface area contributed by atoms with Crippen LogP contribution in [0.25, 0.3) is 0 Å². The number of aliphatic hydroxyl groups excluding tert-OH is 1. The lowest BCUT2D eigenvalue weighted by molar-refractivity contribution is 0.182. The Kier molecular flexibility index (Phi) is 5.12. The molecule has 3 heteroatoms. The molecule has 1 N–H and O–H groups in total. The van der Waals surface area contributed by atoms with E-state index in [1.54, 1.807) is 7.11 Å². The van der Waals surface area contributed by atoms with E-state index in [1.807, 2.05) is 25.1 Å². The zero-order chi connectivity index (χ0) is 12.0. The highest BCUT2D eigenvalue weighted by atomic mass is 16.5. The molecule has 0 aliphatic rings. The van der Waals surface area contributed by atoms with Crippen molar-refractivity contribution in [3.05, 3.63) is 24.3 Å². The lowest BCUT2D eigenvalue weighted by Crippen LogP contribution is -2.19. The molecule has 0 fully saturated rings. The van der Waals surface area contributed by atoms with Crippen molar-refractivity contribution in [2.24, 2.45) is 0 Å². The SMILES string of the molecule is COc1cccc(N(C)CCCC(C)O)c1. The van der Waals surface area contributed by atoms with Gasteiger partial charge in [-0.05, 0) is 31.9 Å². The van der Waals surface area contributed by atoms with Crippen molar-refractivity contribution in [1.82, 2.24) is 0 Å². The van der Waals surface area contributed by atoms with E-state index in [1.165, 1.54) is 0 Å². The van der Waals surface area contributed by atoms with Crippen LogP contribution in [0.15, 0.2) is 24.3 Å². The number of hydrogen-bond acceptors (Lipinski definition) is 3. The Hall–Kier alpha value is -1.22. The van der Waals surface area contributed by atoms with E-state index in [0.29, 0.717) is 0 Å². The molecule has 3 nitrogen and oxygen atoms in total. The molecule has 1 rings (SSSR count). The Morgan fingerprint density at radius 1 is 1.44 bits per heavy atom. The van der Waals surface area contributed by atoms with E-state index in [0.717, 1.165) is 30.8 Å². The number of aliphatic hydroxyl groups is 1. The first-order valence-electron chi connectivity index (χ1n) is 5.66. The minimum absolute atomic E-state index is 0.210. The summed E-state index contributed by atoms with van der Waals surface area (Å²) in [4.78, 5) is 2.17.